The summed E-state index contributed by atoms with van der Waals surface area (Å²) in [6.07, 6.45) is 4.12. The highest BCUT2D eigenvalue weighted by molar-refractivity contribution is 6.30. The van der Waals surface area contributed by atoms with Gasteiger partial charge in [0, 0.05) is 101 Å². The predicted octanol–water partition coefficient (Wildman–Crippen LogP) is 9.62. The number of imide groups is 1. The maximum Gasteiger partial charge on any atom is 0.433 e. The molecular formula is C59H68ClF4N7O5. The summed E-state index contributed by atoms with van der Waals surface area (Å²) in [5.41, 5.74) is -0.296. The Bertz CT molecular complexity index is 2970. The van der Waals surface area contributed by atoms with E-state index in [4.69, 9.17) is 11.6 Å². The van der Waals surface area contributed by atoms with Crippen molar-refractivity contribution in [1.82, 2.24) is 29.9 Å². The molecule has 4 aliphatic carbocycles. The molecule has 6 heterocycles. The van der Waals surface area contributed by atoms with Crippen molar-refractivity contribution in [3.05, 3.63) is 93.0 Å². The zero-order valence-electron chi connectivity index (χ0n) is 44.3. The molecule has 7 fully saturated rings. The largest absolute Gasteiger partial charge is 0.433 e. The zero-order chi connectivity index (χ0) is 54.1. The van der Waals surface area contributed by atoms with Gasteiger partial charge in [-0.15, -0.1) is 0 Å². The smallest absolute Gasteiger partial charge is 0.384 e. The Morgan fingerprint density at radius 2 is 1.67 bits per heavy atom. The molecule has 2 bridgehead atoms. The lowest BCUT2D eigenvalue weighted by Crippen LogP contribution is -2.66. The molecule has 2 aromatic carbocycles. The number of likely N-dealkylation sites (N-methyl/N-ethyl adjacent to an activating group) is 1. The Hall–Kier alpha value is -5.53. The molecule has 12 rings (SSSR count). The van der Waals surface area contributed by atoms with E-state index in [1.807, 2.05) is 32.9 Å². The number of halogens is 5. The van der Waals surface area contributed by atoms with Gasteiger partial charge < -0.3 is 20.0 Å². The van der Waals surface area contributed by atoms with Crippen LogP contribution in [-0.4, -0.2) is 110 Å². The van der Waals surface area contributed by atoms with Gasteiger partial charge in [-0.3, -0.25) is 39.2 Å². The third-order valence-electron chi connectivity index (χ3n) is 19.4. The second-order valence-electron chi connectivity index (χ2n) is 24.9. The average Bonchev–Trinajstić information content (AvgIpc) is 3.60. The number of anilines is 1. The van der Waals surface area contributed by atoms with Crippen LogP contribution in [0.5, 0.6) is 0 Å². The molecule has 5 amide bonds. The fraction of sp³-hybridized carbons (Fsp3) is 0.593. The second kappa shape index (κ2) is 18.6. The first-order chi connectivity index (χ1) is 36.0. The number of pyridine rings is 1. The number of carbonyl (C=O) groups is 5. The van der Waals surface area contributed by atoms with Crippen LogP contribution in [0.15, 0.2) is 48.7 Å². The van der Waals surface area contributed by atoms with E-state index in [1.165, 1.54) is 12.3 Å². The molecule has 1 aromatic heterocycles. The normalized spacial score (nSPS) is 30.6. The SMILES string of the molecule is CCN1[C@@H](CC(C)(C)C)[C@@]2(CNc3cc(C(F)(F)F)ncc32)[C@@H](c2cccc(Cl)c2F)[C@@H]1C(=O)N(C(C)C)C12CCC(C(=O)N3CCC4(CC3)C[C@@H]4C#Cc3cccc4c3CN(C3CCC(=O)NC3=O)C4=O)(CC1)CC2. The number of rotatable bonds is 8. The van der Waals surface area contributed by atoms with Crippen LogP contribution in [0.4, 0.5) is 23.2 Å². The summed E-state index contributed by atoms with van der Waals surface area (Å²) < 4.78 is 59.4. The Balaban J connectivity index is 0.812. The lowest BCUT2D eigenvalue weighted by Gasteiger charge is -2.59. The highest BCUT2D eigenvalue weighted by Crippen LogP contribution is 2.63. The highest BCUT2D eigenvalue weighted by Gasteiger charge is 2.67. The number of carbonyl (C=O) groups excluding carboxylic acids is 5. The fourth-order valence-electron chi connectivity index (χ4n) is 15.5. The number of piperidine rings is 2. The van der Waals surface area contributed by atoms with E-state index in [1.54, 1.807) is 23.1 Å². The molecule has 6 atom stereocenters. The van der Waals surface area contributed by atoms with Gasteiger partial charge in [-0.25, -0.2) is 4.39 Å². The van der Waals surface area contributed by atoms with Gasteiger partial charge in [0.25, 0.3) is 5.91 Å². The van der Waals surface area contributed by atoms with Gasteiger partial charge in [0.15, 0.2) is 0 Å². The third-order valence-corrected chi connectivity index (χ3v) is 19.6. The number of fused-ring (bicyclic) bond motifs is 6. The molecule has 5 aliphatic heterocycles. The molecule has 404 valence electrons. The number of alkyl halides is 3. The van der Waals surface area contributed by atoms with Crippen LogP contribution in [0.1, 0.15) is 163 Å². The first-order valence-electron chi connectivity index (χ1n) is 27.4. The van der Waals surface area contributed by atoms with Crippen molar-refractivity contribution >= 4 is 46.8 Å². The number of amides is 5. The van der Waals surface area contributed by atoms with Gasteiger partial charge >= 0.3 is 6.18 Å². The molecule has 9 aliphatic rings. The number of hydrogen-bond acceptors (Lipinski definition) is 8. The fourth-order valence-corrected chi connectivity index (χ4v) is 15.7. The van der Waals surface area contributed by atoms with E-state index in [9.17, 15) is 32.3 Å². The maximum atomic E-state index is 16.9. The van der Waals surface area contributed by atoms with E-state index in [0.29, 0.717) is 82.1 Å². The highest BCUT2D eigenvalue weighted by atomic mass is 35.5. The van der Waals surface area contributed by atoms with Gasteiger partial charge in [0.2, 0.25) is 23.6 Å². The summed E-state index contributed by atoms with van der Waals surface area (Å²) in [7, 11) is 0. The van der Waals surface area contributed by atoms with Crippen LogP contribution < -0.4 is 10.6 Å². The Morgan fingerprint density at radius 1 is 0.974 bits per heavy atom. The summed E-state index contributed by atoms with van der Waals surface area (Å²) in [6, 6.07) is 9.11. The van der Waals surface area contributed by atoms with Crippen LogP contribution in [0.2, 0.25) is 5.02 Å². The van der Waals surface area contributed by atoms with Gasteiger partial charge in [0.1, 0.15) is 17.6 Å². The minimum absolute atomic E-state index is 0.0302. The average molecular weight is 1070 g/mol. The van der Waals surface area contributed by atoms with E-state index in [0.717, 1.165) is 36.5 Å². The summed E-state index contributed by atoms with van der Waals surface area (Å²) >= 11 is 6.59. The number of aromatic nitrogens is 1. The van der Waals surface area contributed by atoms with Gasteiger partial charge in [-0.2, -0.15) is 13.2 Å². The summed E-state index contributed by atoms with van der Waals surface area (Å²) in [5, 5.41) is 5.57. The van der Waals surface area contributed by atoms with Crippen molar-refractivity contribution in [3.8, 4) is 11.8 Å². The molecule has 0 radical (unpaired) electrons. The second-order valence-corrected chi connectivity index (χ2v) is 25.3. The van der Waals surface area contributed by atoms with Crippen molar-refractivity contribution in [2.75, 3.05) is 31.5 Å². The molecule has 3 saturated heterocycles. The van der Waals surface area contributed by atoms with E-state index in [2.05, 4.69) is 62.9 Å². The Morgan fingerprint density at radius 3 is 2.32 bits per heavy atom. The van der Waals surface area contributed by atoms with Gasteiger partial charge in [-0.1, -0.05) is 69.3 Å². The Labute approximate surface area is 447 Å². The van der Waals surface area contributed by atoms with Crippen molar-refractivity contribution in [3.63, 3.8) is 0 Å². The predicted molar refractivity (Wildman–Crippen MR) is 278 cm³/mol. The lowest BCUT2D eigenvalue weighted by atomic mass is 9.55. The minimum atomic E-state index is -4.68. The first-order valence-corrected chi connectivity index (χ1v) is 27.8. The monoisotopic (exact) mass is 1070 g/mol. The molecule has 2 N–H and O–H groups in total. The van der Waals surface area contributed by atoms with Crippen molar-refractivity contribution in [2.24, 2.45) is 22.2 Å². The van der Waals surface area contributed by atoms with Crippen LogP contribution in [0.3, 0.4) is 0 Å². The quantitative estimate of drug-likeness (QED) is 0.130. The minimum Gasteiger partial charge on any atom is -0.384 e. The van der Waals surface area contributed by atoms with Crippen LogP contribution in [-0.2, 0) is 37.3 Å². The molecule has 1 unspecified atom stereocenters. The maximum absolute atomic E-state index is 16.9. The van der Waals surface area contributed by atoms with Crippen LogP contribution in [0, 0.1) is 39.8 Å². The van der Waals surface area contributed by atoms with Gasteiger partial charge in [0.05, 0.1) is 11.1 Å². The number of nitrogens with one attached hydrogen (secondary N) is 2. The van der Waals surface area contributed by atoms with Gasteiger partial charge in [-0.05, 0) is 137 Å². The number of benzene rings is 2. The van der Waals surface area contributed by atoms with E-state index >= 15 is 9.18 Å². The molecule has 3 aromatic rings. The van der Waals surface area contributed by atoms with Crippen LogP contribution in [0.25, 0.3) is 0 Å². The molecular weight excluding hydrogens is 998 g/mol. The molecule has 4 saturated carbocycles. The van der Waals surface area contributed by atoms with Crippen LogP contribution >= 0.6 is 11.6 Å². The Kier molecular flexibility index (Phi) is 12.8. The standard InChI is InChI=1S/C59H68ClF4N7O5/c1-7-69-45(30-54(4,5)6)58(33-66-42-28-44(59(62,63)64)65-31-40(42)58)47(38-12-9-13-41(60)48(38)61)49(69)52(75)71(34(2)3)57-21-18-55(19-22-57,20-23-57)53(76)68-26-24-56(25-27-68)29-36(56)15-14-35-10-8-11-37-39(35)32-70(51(37)74)43-16-17-46(72)67-50(43)73/h8-13,28,31,34,36,43,45,47,49,66H,7,16-27,29-30,32-33H2,1-6H3,(H,67,72,73)/t36-,43?,45-,47-,49+,55?,57?,58-/m0/s1. The van der Waals surface area contributed by atoms with E-state index in [-0.39, 0.29) is 82.2 Å². The molecule has 17 heteroatoms. The first kappa shape index (κ1) is 52.5. The number of nitrogens with zero attached hydrogens (tertiary/aromatic N) is 5. The van der Waals surface area contributed by atoms with E-state index < -0.39 is 64.0 Å². The molecule has 12 nitrogen and oxygen atoms in total. The third kappa shape index (κ3) is 8.41. The van der Waals surface area contributed by atoms with Crippen molar-refractivity contribution < 1.29 is 41.5 Å². The molecule has 76 heavy (non-hydrogen) atoms. The number of hydrogen-bond donors (Lipinski definition) is 2. The van der Waals surface area contributed by atoms with Crippen molar-refractivity contribution in [1.29, 1.82) is 0 Å². The summed E-state index contributed by atoms with van der Waals surface area (Å²) in [5.74, 6) is 4.63. The lowest BCUT2D eigenvalue weighted by molar-refractivity contribution is -0.164. The molecule has 2 spiro atoms. The summed E-state index contributed by atoms with van der Waals surface area (Å²) in [6.45, 7) is 14.5. The zero-order valence-corrected chi connectivity index (χ0v) is 45.0. The van der Waals surface area contributed by atoms with Crippen molar-refractivity contribution in [2.45, 2.75) is 172 Å². The number of likely N-dealkylation sites (tertiary alicyclic amines) is 2. The summed E-state index contributed by atoms with van der Waals surface area (Å²) in [4.78, 5) is 80.8. The topological polar surface area (TPSA) is 135 Å².